The first-order valence-electron chi connectivity index (χ1n) is 10.0. The van der Waals surface area contributed by atoms with Gasteiger partial charge in [-0.1, -0.05) is 31.2 Å². The molecule has 0 aliphatic carbocycles. The van der Waals surface area contributed by atoms with E-state index in [-0.39, 0.29) is 6.54 Å². The monoisotopic (exact) mass is 409 g/mol. The molecule has 2 aromatic rings. The molecule has 1 fully saturated rings. The van der Waals surface area contributed by atoms with E-state index in [0.717, 1.165) is 28.2 Å². The summed E-state index contributed by atoms with van der Waals surface area (Å²) < 4.78 is 5.15. The number of carbonyl (C=O) groups excluding carboxylic acids is 3. The standard InChI is InChI=1S/C23H27N3O4/c1-4-16-6-5-7-18(14-16)24-20(27)15-26-21(28)23(2,25-22(26)29)13-12-17-8-10-19(30-3)11-9-17/h5-11,14H,4,12-13,15H2,1-3H3,(H,24,27)(H,25,29)/t23-/m0/s1. The highest BCUT2D eigenvalue weighted by atomic mass is 16.5. The van der Waals surface area contributed by atoms with Gasteiger partial charge in [-0.2, -0.15) is 0 Å². The van der Waals surface area contributed by atoms with E-state index in [9.17, 15) is 14.4 Å². The zero-order chi connectivity index (χ0) is 21.7. The van der Waals surface area contributed by atoms with E-state index in [0.29, 0.717) is 18.5 Å². The highest BCUT2D eigenvalue weighted by molar-refractivity contribution is 6.09. The third-order valence-electron chi connectivity index (χ3n) is 5.34. The molecule has 0 radical (unpaired) electrons. The molecule has 1 aliphatic rings. The first-order chi connectivity index (χ1) is 14.3. The Morgan fingerprint density at radius 1 is 1.13 bits per heavy atom. The second-order valence-electron chi connectivity index (χ2n) is 7.60. The lowest BCUT2D eigenvalue weighted by molar-refractivity contribution is -0.133. The van der Waals surface area contributed by atoms with Gasteiger partial charge < -0.3 is 15.4 Å². The van der Waals surface area contributed by atoms with Gasteiger partial charge in [0, 0.05) is 5.69 Å². The van der Waals surface area contributed by atoms with Crippen molar-refractivity contribution in [1.82, 2.24) is 10.2 Å². The van der Waals surface area contributed by atoms with Crippen molar-refractivity contribution in [2.45, 2.75) is 38.6 Å². The molecule has 0 unspecified atom stereocenters. The van der Waals surface area contributed by atoms with Crippen LogP contribution in [0, 0.1) is 0 Å². The number of urea groups is 1. The summed E-state index contributed by atoms with van der Waals surface area (Å²) in [5.74, 6) is -0.0403. The molecule has 1 saturated heterocycles. The number of benzene rings is 2. The summed E-state index contributed by atoms with van der Waals surface area (Å²) in [6, 6.07) is 14.5. The Morgan fingerprint density at radius 3 is 2.53 bits per heavy atom. The molecule has 4 amide bonds. The fraction of sp³-hybridized carbons (Fsp3) is 0.348. The molecule has 0 spiro atoms. The number of ether oxygens (including phenoxy) is 1. The summed E-state index contributed by atoms with van der Waals surface area (Å²) in [7, 11) is 1.61. The highest BCUT2D eigenvalue weighted by Crippen LogP contribution is 2.24. The molecule has 7 heteroatoms. The molecule has 0 saturated carbocycles. The average Bonchev–Trinajstić information content (AvgIpc) is 2.96. The van der Waals surface area contributed by atoms with Gasteiger partial charge in [-0.3, -0.25) is 14.5 Å². The molecule has 3 rings (SSSR count). The van der Waals surface area contributed by atoms with Crippen molar-refractivity contribution in [2.75, 3.05) is 19.0 Å². The smallest absolute Gasteiger partial charge is 0.325 e. The highest BCUT2D eigenvalue weighted by Gasteiger charge is 2.47. The first-order valence-corrected chi connectivity index (χ1v) is 10.0. The van der Waals surface area contributed by atoms with E-state index in [1.54, 1.807) is 20.1 Å². The molecule has 0 bridgehead atoms. The molecule has 0 aromatic heterocycles. The van der Waals surface area contributed by atoms with Crippen molar-refractivity contribution in [3.05, 3.63) is 59.7 Å². The maximum Gasteiger partial charge on any atom is 0.325 e. The van der Waals surface area contributed by atoms with E-state index < -0.39 is 23.4 Å². The number of rotatable bonds is 8. The Balaban J connectivity index is 1.60. The summed E-state index contributed by atoms with van der Waals surface area (Å²) in [4.78, 5) is 38.7. The summed E-state index contributed by atoms with van der Waals surface area (Å²) in [5, 5.41) is 5.50. The summed E-state index contributed by atoms with van der Waals surface area (Å²) in [6.07, 6.45) is 1.89. The van der Waals surface area contributed by atoms with Crippen LogP contribution in [0.5, 0.6) is 5.75 Å². The van der Waals surface area contributed by atoms with Crippen LogP contribution < -0.4 is 15.4 Å². The number of amides is 4. The molecule has 1 heterocycles. The van der Waals surface area contributed by atoms with Crippen molar-refractivity contribution in [2.24, 2.45) is 0 Å². The number of hydrogen-bond acceptors (Lipinski definition) is 4. The van der Waals surface area contributed by atoms with Gasteiger partial charge in [0.2, 0.25) is 5.91 Å². The second-order valence-corrected chi connectivity index (χ2v) is 7.60. The molecule has 7 nitrogen and oxygen atoms in total. The summed E-state index contributed by atoms with van der Waals surface area (Å²) in [5.41, 5.74) is 1.73. The molecule has 2 aromatic carbocycles. The molecule has 30 heavy (non-hydrogen) atoms. The molecule has 2 N–H and O–H groups in total. The van der Waals surface area contributed by atoms with Crippen molar-refractivity contribution < 1.29 is 19.1 Å². The maximum absolute atomic E-state index is 12.9. The van der Waals surface area contributed by atoms with Gasteiger partial charge in [-0.15, -0.1) is 0 Å². The molecule has 1 atom stereocenters. The van der Waals surface area contributed by atoms with Gasteiger partial charge >= 0.3 is 6.03 Å². The lowest BCUT2D eigenvalue weighted by Crippen LogP contribution is -2.45. The third kappa shape index (κ3) is 4.79. The van der Waals surface area contributed by atoms with Crippen LogP contribution in [0.15, 0.2) is 48.5 Å². The van der Waals surface area contributed by atoms with Crippen LogP contribution >= 0.6 is 0 Å². The zero-order valence-electron chi connectivity index (χ0n) is 17.5. The maximum atomic E-state index is 12.9. The number of hydrogen-bond donors (Lipinski definition) is 2. The Labute approximate surface area is 176 Å². The normalized spacial score (nSPS) is 18.3. The lowest BCUT2D eigenvalue weighted by Gasteiger charge is -2.21. The van der Waals surface area contributed by atoms with E-state index >= 15 is 0 Å². The minimum absolute atomic E-state index is 0.320. The summed E-state index contributed by atoms with van der Waals surface area (Å²) >= 11 is 0. The van der Waals surface area contributed by atoms with Crippen LogP contribution in [0.3, 0.4) is 0 Å². The van der Waals surface area contributed by atoms with Crippen LogP contribution in [0.1, 0.15) is 31.4 Å². The number of aryl methyl sites for hydroxylation is 2. The fourth-order valence-corrected chi connectivity index (χ4v) is 3.46. The summed E-state index contributed by atoms with van der Waals surface area (Å²) in [6.45, 7) is 3.40. The van der Waals surface area contributed by atoms with E-state index in [4.69, 9.17) is 4.74 Å². The van der Waals surface area contributed by atoms with Crippen LogP contribution in [-0.4, -0.2) is 41.9 Å². The van der Waals surface area contributed by atoms with Gasteiger partial charge in [0.1, 0.15) is 17.8 Å². The predicted octanol–water partition coefficient (Wildman–Crippen LogP) is 3.14. The number of methoxy groups -OCH3 is 1. The molecule has 1 aliphatic heterocycles. The number of nitrogens with one attached hydrogen (secondary N) is 2. The SMILES string of the molecule is CCc1cccc(NC(=O)CN2C(=O)N[C@@](C)(CCc3ccc(OC)cc3)C2=O)c1. The molecular weight excluding hydrogens is 382 g/mol. The van der Waals surface area contributed by atoms with Crippen LogP contribution in [0.4, 0.5) is 10.5 Å². The van der Waals surface area contributed by atoms with Gasteiger partial charge in [0.15, 0.2) is 0 Å². The Hall–Kier alpha value is -3.35. The van der Waals surface area contributed by atoms with Gasteiger partial charge in [0.05, 0.1) is 7.11 Å². The topological polar surface area (TPSA) is 87.7 Å². The average molecular weight is 409 g/mol. The number of anilines is 1. The number of carbonyl (C=O) groups is 3. The lowest BCUT2D eigenvalue weighted by atomic mass is 9.93. The van der Waals surface area contributed by atoms with Crippen LogP contribution in [0.25, 0.3) is 0 Å². The van der Waals surface area contributed by atoms with Crippen molar-refractivity contribution in [1.29, 1.82) is 0 Å². The number of imide groups is 1. The quantitative estimate of drug-likeness (QED) is 0.656. The van der Waals surface area contributed by atoms with E-state index in [1.807, 2.05) is 49.4 Å². The number of nitrogens with zero attached hydrogens (tertiary/aromatic N) is 1. The predicted molar refractivity (Wildman–Crippen MR) is 114 cm³/mol. The van der Waals surface area contributed by atoms with Crippen LogP contribution in [0.2, 0.25) is 0 Å². The van der Waals surface area contributed by atoms with Crippen molar-refractivity contribution in [3.8, 4) is 5.75 Å². The van der Waals surface area contributed by atoms with Crippen molar-refractivity contribution >= 4 is 23.5 Å². The fourth-order valence-electron chi connectivity index (χ4n) is 3.46. The van der Waals surface area contributed by atoms with E-state index in [1.165, 1.54) is 0 Å². The first kappa shape index (κ1) is 21.4. The minimum atomic E-state index is -1.04. The van der Waals surface area contributed by atoms with Crippen LogP contribution in [-0.2, 0) is 22.4 Å². The third-order valence-corrected chi connectivity index (χ3v) is 5.34. The second kappa shape index (κ2) is 8.98. The molecular formula is C23H27N3O4. The van der Waals surface area contributed by atoms with Gasteiger partial charge in [-0.05, 0) is 61.6 Å². The van der Waals surface area contributed by atoms with Gasteiger partial charge in [0.25, 0.3) is 5.91 Å². The largest absolute Gasteiger partial charge is 0.497 e. The Kier molecular flexibility index (Phi) is 6.40. The Bertz CT molecular complexity index is 942. The zero-order valence-corrected chi connectivity index (χ0v) is 17.5. The molecule has 158 valence electrons. The van der Waals surface area contributed by atoms with Crippen molar-refractivity contribution in [3.63, 3.8) is 0 Å². The Morgan fingerprint density at radius 2 is 1.87 bits per heavy atom. The van der Waals surface area contributed by atoms with E-state index in [2.05, 4.69) is 10.6 Å². The van der Waals surface area contributed by atoms with Gasteiger partial charge in [-0.25, -0.2) is 4.79 Å². The minimum Gasteiger partial charge on any atom is -0.497 e.